The lowest BCUT2D eigenvalue weighted by molar-refractivity contribution is 1.23. The molecule has 1 N–H and O–H groups in total. The minimum Gasteiger partial charge on any atom is -0.349 e. The molecule has 2 nitrogen and oxygen atoms in total. The van der Waals surface area contributed by atoms with Gasteiger partial charge in [0.2, 0.25) is 0 Å². The van der Waals surface area contributed by atoms with Crippen LogP contribution in [0.3, 0.4) is 0 Å². The molecule has 0 amide bonds. The summed E-state index contributed by atoms with van der Waals surface area (Å²) < 4.78 is 0.921. The summed E-state index contributed by atoms with van der Waals surface area (Å²) in [6.45, 7) is 0. The quantitative estimate of drug-likeness (QED) is 0.722. The minimum absolute atomic E-state index is 0.679. The third-order valence-electron chi connectivity index (χ3n) is 2.79. The molecule has 0 atom stereocenters. The van der Waals surface area contributed by atoms with E-state index >= 15 is 0 Å². The monoisotopic (exact) mass is 328 g/mol. The number of hydrogen-bond donors (Lipinski definition) is 1. The second-order valence-electron chi connectivity index (χ2n) is 4.08. The van der Waals surface area contributed by atoms with Gasteiger partial charge >= 0.3 is 0 Å². The maximum Gasteiger partial charge on any atom is 0.100 e. The molecule has 1 aromatic heterocycles. The standard InChI is InChI=1S/C15H9BrN2S/c16-12-5-6-14(11(7-12)9-17)19-15-8-10-3-1-2-4-13(10)18-15/h1-8,18H. The highest BCUT2D eigenvalue weighted by atomic mass is 79.9. The van der Waals surface area contributed by atoms with E-state index in [0.717, 1.165) is 19.9 Å². The highest BCUT2D eigenvalue weighted by molar-refractivity contribution is 9.10. The van der Waals surface area contributed by atoms with Gasteiger partial charge in [-0.05, 0) is 30.3 Å². The number of rotatable bonds is 2. The van der Waals surface area contributed by atoms with Crippen molar-refractivity contribution in [3.63, 3.8) is 0 Å². The Labute approximate surface area is 123 Å². The largest absolute Gasteiger partial charge is 0.349 e. The number of aromatic amines is 1. The van der Waals surface area contributed by atoms with Gasteiger partial charge in [0, 0.05) is 20.3 Å². The van der Waals surface area contributed by atoms with Crippen molar-refractivity contribution in [3.8, 4) is 6.07 Å². The van der Waals surface area contributed by atoms with Crippen LogP contribution in [-0.2, 0) is 0 Å². The summed E-state index contributed by atoms with van der Waals surface area (Å²) >= 11 is 4.96. The number of aromatic nitrogens is 1. The molecule has 0 bridgehead atoms. The average Bonchev–Trinajstić information content (AvgIpc) is 2.83. The number of nitrogens with zero attached hydrogens (tertiary/aromatic N) is 1. The Morgan fingerprint density at radius 1 is 1.11 bits per heavy atom. The van der Waals surface area contributed by atoms with E-state index in [1.165, 1.54) is 5.39 Å². The van der Waals surface area contributed by atoms with Crippen molar-refractivity contribution in [2.75, 3.05) is 0 Å². The van der Waals surface area contributed by atoms with Crippen LogP contribution in [0.2, 0.25) is 0 Å². The maximum atomic E-state index is 9.17. The lowest BCUT2D eigenvalue weighted by Gasteiger charge is -2.02. The summed E-state index contributed by atoms with van der Waals surface area (Å²) in [7, 11) is 0. The van der Waals surface area contributed by atoms with Crippen molar-refractivity contribution in [1.29, 1.82) is 5.26 Å². The summed E-state index contributed by atoms with van der Waals surface area (Å²) in [5, 5.41) is 11.4. The van der Waals surface area contributed by atoms with Crippen LogP contribution in [0.4, 0.5) is 0 Å². The Kier molecular flexibility index (Phi) is 3.33. The average molecular weight is 329 g/mol. The second-order valence-corrected chi connectivity index (χ2v) is 6.07. The van der Waals surface area contributed by atoms with Crippen molar-refractivity contribution in [1.82, 2.24) is 4.98 Å². The summed E-state index contributed by atoms with van der Waals surface area (Å²) in [6, 6.07) is 18.2. The SMILES string of the molecule is N#Cc1cc(Br)ccc1Sc1cc2ccccc2[nH]1. The Balaban J connectivity index is 1.99. The molecule has 19 heavy (non-hydrogen) atoms. The van der Waals surface area contributed by atoms with Crippen LogP contribution in [0, 0.1) is 11.3 Å². The first-order chi connectivity index (χ1) is 9.26. The molecule has 92 valence electrons. The van der Waals surface area contributed by atoms with Crippen LogP contribution in [0.15, 0.2) is 62.9 Å². The third kappa shape index (κ3) is 2.53. The molecule has 0 aliphatic heterocycles. The first-order valence-corrected chi connectivity index (χ1v) is 7.32. The smallest absolute Gasteiger partial charge is 0.100 e. The first kappa shape index (κ1) is 12.3. The predicted octanol–water partition coefficient (Wildman–Crippen LogP) is 4.95. The van der Waals surface area contributed by atoms with Gasteiger partial charge in [0.15, 0.2) is 0 Å². The second kappa shape index (κ2) is 5.12. The molecule has 0 radical (unpaired) electrons. The van der Waals surface area contributed by atoms with Gasteiger partial charge in [0.1, 0.15) is 6.07 Å². The van der Waals surface area contributed by atoms with Crippen molar-refractivity contribution in [2.24, 2.45) is 0 Å². The molecule has 0 unspecified atom stereocenters. The van der Waals surface area contributed by atoms with Gasteiger partial charge in [-0.3, -0.25) is 0 Å². The Hall–Kier alpha value is -1.70. The number of H-pyrrole nitrogens is 1. The molecule has 0 saturated heterocycles. The molecule has 0 saturated carbocycles. The fraction of sp³-hybridized carbons (Fsp3) is 0. The Bertz CT molecular complexity index is 753. The van der Waals surface area contributed by atoms with Gasteiger partial charge in [0.25, 0.3) is 0 Å². The fourth-order valence-corrected chi connectivity index (χ4v) is 3.19. The van der Waals surface area contributed by atoms with E-state index in [1.807, 2.05) is 36.4 Å². The summed E-state index contributed by atoms with van der Waals surface area (Å²) in [5.41, 5.74) is 1.79. The first-order valence-electron chi connectivity index (χ1n) is 5.71. The lowest BCUT2D eigenvalue weighted by Crippen LogP contribution is -1.81. The Morgan fingerprint density at radius 2 is 1.95 bits per heavy atom. The molecule has 0 aliphatic rings. The van der Waals surface area contributed by atoms with Gasteiger partial charge in [-0.1, -0.05) is 45.9 Å². The van der Waals surface area contributed by atoms with E-state index < -0.39 is 0 Å². The summed E-state index contributed by atoms with van der Waals surface area (Å²) in [6.07, 6.45) is 0. The van der Waals surface area contributed by atoms with Gasteiger partial charge in [-0.2, -0.15) is 5.26 Å². The van der Waals surface area contributed by atoms with E-state index in [-0.39, 0.29) is 0 Å². The Morgan fingerprint density at radius 3 is 2.74 bits per heavy atom. The number of hydrogen-bond acceptors (Lipinski definition) is 2. The number of para-hydroxylation sites is 1. The zero-order valence-corrected chi connectivity index (χ0v) is 12.3. The molecule has 3 aromatic rings. The van der Waals surface area contributed by atoms with E-state index in [4.69, 9.17) is 5.26 Å². The van der Waals surface area contributed by atoms with Crippen LogP contribution in [-0.4, -0.2) is 4.98 Å². The van der Waals surface area contributed by atoms with Crippen LogP contribution < -0.4 is 0 Å². The van der Waals surface area contributed by atoms with Gasteiger partial charge in [-0.15, -0.1) is 0 Å². The van der Waals surface area contributed by atoms with Gasteiger partial charge < -0.3 is 4.98 Å². The van der Waals surface area contributed by atoms with Crippen molar-refractivity contribution in [2.45, 2.75) is 9.92 Å². The number of benzene rings is 2. The maximum absolute atomic E-state index is 9.17. The van der Waals surface area contributed by atoms with E-state index in [1.54, 1.807) is 11.8 Å². The molecular weight excluding hydrogens is 320 g/mol. The molecule has 0 aliphatic carbocycles. The highest BCUT2D eigenvalue weighted by Crippen LogP contribution is 2.33. The van der Waals surface area contributed by atoms with E-state index in [9.17, 15) is 0 Å². The lowest BCUT2D eigenvalue weighted by atomic mass is 10.2. The van der Waals surface area contributed by atoms with Crippen LogP contribution >= 0.6 is 27.7 Å². The summed E-state index contributed by atoms with van der Waals surface area (Å²) in [4.78, 5) is 4.31. The van der Waals surface area contributed by atoms with Gasteiger partial charge in [-0.25, -0.2) is 0 Å². The number of nitriles is 1. The molecule has 3 rings (SSSR count). The molecule has 4 heteroatoms. The molecular formula is C15H9BrN2S. The van der Waals surface area contributed by atoms with Crippen molar-refractivity contribution < 1.29 is 0 Å². The minimum atomic E-state index is 0.679. The fourth-order valence-electron chi connectivity index (χ4n) is 1.90. The molecule has 0 spiro atoms. The van der Waals surface area contributed by atoms with E-state index in [2.05, 4.69) is 39.1 Å². The third-order valence-corrected chi connectivity index (χ3v) is 4.30. The van der Waals surface area contributed by atoms with Crippen LogP contribution in [0.5, 0.6) is 0 Å². The van der Waals surface area contributed by atoms with E-state index in [0.29, 0.717) is 5.56 Å². The normalized spacial score (nSPS) is 10.5. The predicted molar refractivity (Wildman–Crippen MR) is 81.3 cm³/mol. The van der Waals surface area contributed by atoms with Crippen LogP contribution in [0.1, 0.15) is 5.56 Å². The number of halogens is 1. The van der Waals surface area contributed by atoms with Gasteiger partial charge in [0.05, 0.1) is 10.6 Å². The number of nitrogens with one attached hydrogen (secondary N) is 1. The molecule has 1 heterocycles. The van der Waals surface area contributed by atoms with Crippen molar-refractivity contribution >= 4 is 38.6 Å². The number of fused-ring (bicyclic) bond motifs is 1. The zero-order valence-electron chi connectivity index (χ0n) is 9.85. The zero-order chi connectivity index (χ0) is 13.2. The van der Waals surface area contributed by atoms with Crippen molar-refractivity contribution in [3.05, 3.63) is 58.6 Å². The topological polar surface area (TPSA) is 39.6 Å². The highest BCUT2D eigenvalue weighted by Gasteiger charge is 2.07. The molecule has 0 fully saturated rings. The molecule has 2 aromatic carbocycles. The summed E-state index contributed by atoms with van der Waals surface area (Å²) in [5.74, 6) is 0. The van der Waals surface area contributed by atoms with Crippen LogP contribution in [0.25, 0.3) is 10.9 Å².